The Labute approximate surface area is 163 Å². The average Bonchev–Trinajstić information content (AvgIpc) is 2.86. The van der Waals surface area contributed by atoms with E-state index in [9.17, 15) is 18.8 Å². The summed E-state index contributed by atoms with van der Waals surface area (Å²) in [6.07, 6.45) is 1.27. The second-order valence-corrected chi connectivity index (χ2v) is 7.70. The number of hydrogen-bond donors (Lipinski definition) is 3. The van der Waals surface area contributed by atoms with Gasteiger partial charge in [-0.25, -0.2) is 4.39 Å². The van der Waals surface area contributed by atoms with Crippen molar-refractivity contribution in [2.24, 2.45) is 0 Å². The Hall–Kier alpha value is -2.32. The highest BCUT2D eigenvalue weighted by atomic mass is 19.1. The Bertz CT molecular complexity index is 800. The van der Waals surface area contributed by atoms with E-state index in [0.717, 1.165) is 30.5 Å². The van der Waals surface area contributed by atoms with Gasteiger partial charge >= 0.3 is 0 Å². The fraction of sp³-hybridized carbons (Fsp3) is 0.550. The predicted molar refractivity (Wildman–Crippen MR) is 100 cm³/mol. The van der Waals surface area contributed by atoms with Crippen LogP contribution in [0.25, 0.3) is 0 Å². The Morgan fingerprint density at radius 2 is 2.07 bits per heavy atom. The van der Waals surface area contributed by atoms with Gasteiger partial charge in [0.15, 0.2) is 0 Å². The number of nitrogens with zero attached hydrogens (tertiary/aromatic N) is 1. The number of alkyl halides is 1. The van der Waals surface area contributed by atoms with E-state index in [0.29, 0.717) is 31.6 Å². The van der Waals surface area contributed by atoms with Crippen LogP contribution in [0.3, 0.4) is 0 Å². The number of hydrogen-bond acceptors (Lipinski definition) is 5. The summed E-state index contributed by atoms with van der Waals surface area (Å²) >= 11 is 0. The first-order chi connectivity index (χ1) is 13.5. The molecule has 7 nitrogen and oxygen atoms in total. The van der Waals surface area contributed by atoms with E-state index in [2.05, 4.69) is 16.0 Å². The number of nitrogens with one attached hydrogen (secondary N) is 3. The number of imide groups is 1. The van der Waals surface area contributed by atoms with Crippen molar-refractivity contribution in [3.8, 4) is 0 Å². The molecule has 0 bridgehead atoms. The largest absolute Gasteiger partial charge is 0.322 e. The Kier molecular flexibility index (Phi) is 5.41. The van der Waals surface area contributed by atoms with Crippen LogP contribution >= 0.6 is 0 Å². The monoisotopic (exact) mass is 388 g/mol. The fourth-order valence-electron chi connectivity index (χ4n) is 4.32. The van der Waals surface area contributed by atoms with Crippen molar-refractivity contribution < 1.29 is 18.8 Å². The van der Waals surface area contributed by atoms with Crippen LogP contribution in [0.5, 0.6) is 0 Å². The number of carbonyl (C=O) groups is 3. The molecular weight excluding hydrogens is 363 g/mol. The van der Waals surface area contributed by atoms with Gasteiger partial charge in [0.1, 0.15) is 12.2 Å². The van der Waals surface area contributed by atoms with E-state index < -0.39 is 18.1 Å². The molecule has 3 unspecified atom stereocenters. The van der Waals surface area contributed by atoms with Gasteiger partial charge in [-0.2, -0.15) is 0 Å². The highest BCUT2D eigenvalue weighted by Crippen LogP contribution is 2.30. The van der Waals surface area contributed by atoms with Crippen molar-refractivity contribution in [1.29, 1.82) is 0 Å². The Morgan fingerprint density at radius 3 is 2.89 bits per heavy atom. The molecule has 3 atom stereocenters. The van der Waals surface area contributed by atoms with E-state index >= 15 is 0 Å². The van der Waals surface area contributed by atoms with Gasteiger partial charge in [-0.15, -0.1) is 0 Å². The first kappa shape index (κ1) is 19.0. The van der Waals surface area contributed by atoms with Crippen molar-refractivity contribution in [3.05, 3.63) is 34.9 Å². The van der Waals surface area contributed by atoms with Gasteiger partial charge in [0, 0.05) is 37.7 Å². The fourth-order valence-corrected chi connectivity index (χ4v) is 4.32. The molecule has 2 fully saturated rings. The molecule has 0 aromatic heterocycles. The van der Waals surface area contributed by atoms with Crippen LogP contribution in [-0.2, 0) is 22.7 Å². The highest BCUT2D eigenvalue weighted by Gasteiger charge is 2.40. The summed E-state index contributed by atoms with van der Waals surface area (Å²) in [6, 6.07) is 4.78. The normalized spacial score (nSPS) is 28.1. The van der Waals surface area contributed by atoms with Crippen LogP contribution in [-0.4, -0.2) is 54.0 Å². The van der Waals surface area contributed by atoms with Crippen molar-refractivity contribution in [1.82, 2.24) is 20.9 Å². The third kappa shape index (κ3) is 3.66. The zero-order valence-corrected chi connectivity index (χ0v) is 15.7. The lowest BCUT2D eigenvalue weighted by Gasteiger charge is -2.29. The lowest BCUT2D eigenvalue weighted by atomic mass is 10.0. The number of rotatable bonds is 4. The molecule has 3 aliphatic rings. The van der Waals surface area contributed by atoms with Gasteiger partial charge in [0.25, 0.3) is 5.91 Å². The standard InChI is InChI=1S/C20H25FN4O3/c21-14-10-22-8-2-5-15(14)23-9-12-3-1-4-13-11-25(20(28)18(12)13)16-6-7-17(26)24-19(16)27/h1,3-4,14-16,22-23H,2,5-11H2,(H,24,26,27). The Balaban J connectivity index is 1.49. The van der Waals surface area contributed by atoms with Crippen LogP contribution in [0.1, 0.15) is 47.2 Å². The van der Waals surface area contributed by atoms with Gasteiger partial charge in [-0.3, -0.25) is 19.7 Å². The minimum absolute atomic E-state index is 0.193. The third-order valence-electron chi connectivity index (χ3n) is 5.84. The molecule has 3 N–H and O–H groups in total. The van der Waals surface area contributed by atoms with Crippen LogP contribution < -0.4 is 16.0 Å². The lowest BCUT2D eigenvalue weighted by molar-refractivity contribution is -0.136. The van der Waals surface area contributed by atoms with Crippen molar-refractivity contribution in [2.45, 2.75) is 57.0 Å². The Morgan fingerprint density at radius 1 is 1.21 bits per heavy atom. The summed E-state index contributed by atoms with van der Waals surface area (Å²) < 4.78 is 14.3. The molecule has 1 aromatic rings. The second-order valence-electron chi connectivity index (χ2n) is 7.70. The highest BCUT2D eigenvalue weighted by molar-refractivity contribution is 6.05. The maximum absolute atomic E-state index is 14.3. The van der Waals surface area contributed by atoms with Crippen LogP contribution in [0.2, 0.25) is 0 Å². The van der Waals surface area contributed by atoms with Gasteiger partial charge < -0.3 is 15.5 Å². The van der Waals surface area contributed by atoms with E-state index in [4.69, 9.17) is 0 Å². The number of halogens is 1. The minimum Gasteiger partial charge on any atom is -0.322 e. The molecule has 2 saturated heterocycles. The second kappa shape index (κ2) is 7.97. The van der Waals surface area contributed by atoms with Crippen LogP contribution in [0.15, 0.2) is 18.2 Å². The minimum atomic E-state index is -0.963. The first-order valence-corrected chi connectivity index (χ1v) is 9.88. The predicted octanol–water partition coefficient (Wildman–Crippen LogP) is 0.627. The SMILES string of the molecule is O=C1CCC(N2Cc3cccc(CNC4CCCNCC4F)c3C2=O)C(=O)N1. The molecule has 4 rings (SSSR count). The molecule has 3 aliphatic heterocycles. The van der Waals surface area contributed by atoms with E-state index in [-0.39, 0.29) is 24.3 Å². The van der Waals surface area contributed by atoms with E-state index in [1.54, 1.807) is 4.90 Å². The lowest BCUT2D eigenvalue weighted by Crippen LogP contribution is -2.52. The number of amides is 3. The topological polar surface area (TPSA) is 90.5 Å². The first-order valence-electron chi connectivity index (χ1n) is 9.88. The molecule has 0 radical (unpaired) electrons. The summed E-state index contributed by atoms with van der Waals surface area (Å²) in [5, 5.41) is 8.68. The summed E-state index contributed by atoms with van der Waals surface area (Å²) in [6.45, 7) is 1.92. The number of fused-ring (bicyclic) bond motifs is 1. The molecule has 150 valence electrons. The number of carbonyl (C=O) groups excluding carboxylic acids is 3. The van der Waals surface area contributed by atoms with Crippen LogP contribution in [0, 0.1) is 0 Å². The zero-order valence-electron chi connectivity index (χ0n) is 15.7. The van der Waals surface area contributed by atoms with Gasteiger partial charge in [-0.05, 0) is 36.9 Å². The molecule has 3 heterocycles. The zero-order chi connectivity index (χ0) is 19.7. The van der Waals surface area contributed by atoms with E-state index in [1.807, 2.05) is 18.2 Å². The quantitative estimate of drug-likeness (QED) is 0.658. The maximum atomic E-state index is 14.3. The summed E-state index contributed by atoms with van der Waals surface area (Å²) in [4.78, 5) is 38.2. The molecule has 8 heteroatoms. The molecule has 1 aromatic carbocycles. The van der Waals surface area contributed by atoms with Crippen molar-refractivity contribution in [3.63, 3.8) is 0 Å². The van der Waals surface area contributed by atoms with Crippen molar-refractivity contribution >= 4 is 17.7 Å². The summed E-state index contributed by atoms with van der Waals surface area (Å²) in [5.74, 6) is -0.904. The summed E-state index contributed by atoms with van der Waals surface area (Å²) in [5.41, 5.74) is 2.29. The molecule has 0 spiro atoms. The molecule has 0 saturated carbocycles. The van der Waals surface area contributed by atoms with Crippen LogP contribution in [0.4, 0.5) is 4.39 Å². The summed E-state index contributed by atoms with van der Waals surface area (Å²) in [7, 11) is 0. The number of piperidine rings is 1. The van der Waals surface area contributed by atoms with Gasteiger partial charge in [-0.1, -0.05) is 18.2 Å². The molecular formula is C20H25FN4O3. The van der Waals surface area contributed by atoms with E-state index in [1.165, 1.54) is 0 Å². The number of benzene rings is 1. The van der Waals surface area contributed by atoms with Crippen molar-refractivity contribution in [2.75, 3.05) is 13.1 Å². The smallest absolute Gasteiger partial charge is 0.255 e. The molecule has 28 heavy (non-hydrogen) atoms. The van der Waals surface area contributed by atoms with Gasteiger partial charge in [0.05, 0.1) is 0 Å². The van der Waals surface area contributed by atoms with Gasteiger partial charge in [0.2, 0.25) is 11.8 Å². The molecule has 3 amide bonds. The maximum Gasteiger partial charge on any atom is 0.255 e. The molecule has 0 aliphatic carbocycles. The third-order valence-corrected chi connectivity index (χ3v) is 5.84. The average molecular weight is 388 g/mol.